The zero-order valence-electron chi connectivity index (χ0n) is 17.3. The average molecular weight is 461 g/mol. The lowest BCUT2D eigenvalue weighted by Crippen LogP contribution is -2.27. The lowest BCUT2D eigenvalue weighted by molar-refractivity contribution is 0.371. The third-order valence-electron chi connectivity index (χ3n) is 5.46. The number of aromatic nitrogens is 2. The maximum atomic E-state index is 13.6. The zero-order valence-corrected chi connectivity index (χ0v) is 18.9. The summed E-state index contributed by atoms with van der Waals surface area (Å²) in [5.74, 6) is 0. The summed E-state index contributed by atoms with van der Waals surface area (Å²) in [6.45, 7) is 0. The molecule has 6 nitrogen and oxygen atoms in total. The van der Waals surface area contributed by atoms with Crippen LogP contribution in [0.5, 0.6) is 0 Å². The fourth-order valence-electron chi connectivity index (χ4n) is 3.89. The molecule has 0 amide bonds. The Balaban J connectivity index is 1.64. The van der Waals surface area contributed by atoms with Gasteiger partial charge in [-0.1, -0.05) is 42.5 Å². The fraction of sp³-hybridized carbons (Fsp3) is 0.125. The van der Waals surface area contributed by atoms with Crippen LogP contribution in [0.3, 0.4) is 0 Å². The predicted molar refractivity (Wildman–Crippen MR) is 127 cm³/mol. The fourth-order valence-corrected chi connectivity index (χ4v) is 5.97. The van der Waals surface area contributed by atoms with E-state index in [0.717, 1.165) is 32.8 Å². The molecule has 1 atom stereocenters. The van der Waals surface area contributed by atoms with Crippen molar-refractivity contribution in [2.75, 3.05) is 6.26 Å². The molecule has 5 rings (SSSR count). The second-order valence-electron chi connectivity index (χ2n) is 7.36. The van der Waals surface area contributed by atoms with Crippen LogP contribution in [0, 0.1) is 0 Å². The molecule has 1 aliphatic rings. The highest BCUT2D eigenvalue weighted by Gasteiger charge is 2.38. The number of nitrogens with zero attached hydrogens (tertiary/aromatic N) is 4. The van der Waals surface area contributed by atoms with E-state index in [1.54, 1.807) is 54.5 Å². The van der Waals surface area contributed by atoms with Gasteiger partial charge in [0, 0.05) is 29.3 Å². The van der Waals surface area contributed by atoms with E-state index in [9.17, 15) is 8.42 Å². The highest BCUT2D eigenvalue weighted by atomic mass is 32.2. The number of thioether (sulfide) groups is 1. The lowest BCUT2D eigenvalue weighted by Gasteiger charge is -2.23. The summed E-state index contributed by atoms with van der Waals surface area (Å²) >= 11 is 1.62. The van der Waals surface area contributed by atoms with E-state index in [-0.39, 0.29) is 4.90 Å². The van der Waals surface area contributed by atoms with Gasteiger partial charge < -0.3 is 0 Å². The molecule has 1 aromatic heterocycles. The van der Waals surface area contributed by atoms with Crippen molar-refractivity contribution in [2.24, 2.45) is 5.10 Å². The summed E-state index contributed by atoms with van der Waals surface area (Å²) in [6, 6.07) is 21.6. The van der Waals surface area contributed by atoms with Gasteiger partial charge in [-0.05, 0) is 42.2 Å². The first-order valence-electron chi connectivity index (χ1n) is 10.1. The normalized spacial score (nSPS) is 16.3. The van der Waals surface area contributed by atoms with E-state index in [2.05, 4.69) is 15.1 Å². The summed E-state index contributed by atoms with van der Waals surface area (Å²) in [7, 11) is -3.85. The number of rotatable bonds is 5. The molecular formula is C24H20N4O2S2. The monoisotopic (exact) mass is 460 g/mol. The maximum Gasteiger partial charge on any atom is 0.279 e. The van der Waals surface area contributed by atoms with Gasteiger partial charge in [-0.3, -0.25) is 9.97 Å². The van der Waals surface area contributed by atoms with Crippen LogP contribution in [-0.2, 0) is 10.0 Å². The number of hydrogen-bond acceptors (Lipinski definition) is 6. The Hall–Kier alpha value is -3.23. The second-order valence-corrected chi connectivity index (χ2v) is 10.0. The molecule has 0 saturated carbocycles. The molecule has 1 aliphatic heterocycles. The molecule has 160 valence electrons. The molecule has 2 heterocycles. The highest BCUT2D eigenvalue weighted by molar-refractivity contribution is 7.98. The van der Waals surface area contributed by atoms with Gasteiger partial charge in [-0.25, -0.2) is 0 Å². The van der Waals surface area contributed by atoms with Crippen molar-refractivity contribution in [3.05, 3.63) is 96.3 Å². The first-order valence-corrected chi connectivity index (χ1v) is 12.8. The molecule has 0 aliphatic carbocycles. The third-order valence-corrected chi connectivity index (χ3v) is 7.95. The average Bonchev–Trinajstić information content (AvgIpc) is 3.30. The van der Waals surface area contributed by atoms with Crippen LogP contribution in [0.15, 0.2) is 100 Å². The van der Waals surface area contributed by atoms with Crippen molar-refractivity contribution in [3.8, 4) is 0 Å². The molecule has 0 bridgehead atoms. The van der Waals surface area contributed by atoms with Gasteiger partial charge in [0.25, 0.3) is 10.0 Å². The number of sulfonamides is 1. The first-order chi connectivity index (χ1) is 15.6. The van der Waals surface area contributed by atoms with Crippen molar-refractivity contribution >= 4 is 38.5 Å². The smallest absolute Gasteiger partial charge is 0.253 e. The zero-order chi connectivity index (χ0) is 22.1. The SMILES string of the molecule is CSc1ccccc1C1=NN(S(=O)(=O)c2ccccc2)C(c2ccc3nccnc3c2)C1. The second kappa shape index (κ2) is 8.37. The molecule has 32 heavy (non-hydrogen) atoms. The van der Waals surface area contributed by atoms with E-state index >= 15 is 0 Å². The van der Waals surface area contributed by atoms with Gasteiger partial charge in [0.1, 0.15) is 0 Å². The van der Waals surface area contributed by atoms with E-state index in [1.165, 1.54) is 4.41 Å². The van der Waals surface area contributed by atoms with Crippen LogP contribution in [-0.4, -0.2) is 34.8 Å². The Labute approximate surface area is 191 Å². The molecule has 8 heteroatoms. The first kappa shape index (κ1) is 20.7. The minimum atomic E-state index is -3.85. The maximum absolute atomic E-state index is 13.6. The Morgan fingerprint density at radius 3 is 2.41 bits per heavy atom. The van der Waals surface area contributed by atoms with Crippen LogP contribution in [0.2, 0.25) is 0 Å². The predicted octanol–water partition coefficient (Wildman–Crippen LogP) is 4.89. The number of hydrazone groups is 1. The lowest BCUT2D eigenvalue weighted by atomic mass is 9.98. The molecule has 0 N–H and O–H groups in total. The molecule has 4 aromatic rings. The highest BCUT2D eigenvalue weighted by Crippen LogP contribution is 2.39. The standard InChI is InChI=1S/C24H20N4O2S2/c1-31-24-10-6-5-9-19(24)21-16-23(17-11-12-20-22(15-17)26-14-13-25-20)28(27-21)32(29,30)18-7-3-2-4-8-18/h2-15,23H,16H2,1H3. The van der Waals surface area contributed by atoms with Gasteiger partial charge in [-0.2, -0.15) is 17.9 Å². The minimum absolute atomic E-state index is 0.216. The van der Waals surface area contributed by atoms with E-state index in [0.29, 0.717) is 6.42 Å². The van der Waals surface area contributed by atoms with Crippen LogP contribution < -0.4 is 0 Å². The van der Waals surface area contributed by atoms with E-state index < -0.39 is 16.1 Å². The summed E-state index contributed by atoms with van der Waals surface area (Å²) in [6.07, 6.45) is 5.75. The van der Waals surface area contributed by atoms with Crippen LogP contribution in [0.1, 0.15) is 23.6 Å². The van der Waals surface area contributed by atoms with Crippen molar-refractivity contribution in [1.82, 2.24) is 14.4 Å². The Kier molecular flexibility index (Phi) is 5.40. The molecule has 0 radical (unpaired) electrons. The third kappa shape index (κ3) is 3.65. The molecule has 0 spiro atoms. The Morgan fingerprint density at radius 1 is 0.906 bits per heavy atom. The summed E-state index contributed by atoms with van der Waals surface area (Å²) in [5.41, 5.74) is 4.02. The van der Waals surface area contributed by atoms with Crippen LogP contribution in [0.25, 0.3) is 11.0 Å². The Morgan fingerprint density at radius 2 is 1.62 bits per heavy atom. The number of hydrogen-bond donors (Lipinski definition) is 0. The molecule has 0 saturated heterocycles. The quantitative estimate of drug-likeness (QED) is 0.396. The Bertz CT molecular complexity index is 1420. The van der Waals surface area contributed by atoms with Crippen molar-refractivity contribution in [3.63, 3.8) is 0 Å². The van der Waals surface area contributed by atoms with Crippen molar-refractivity contribution < 1.29 is 8.42 Å². The van der Waals surface area contributed by atoms with E-state index in [1.807, 2.05) is 48.7 Å². The molecule has 3 aromatic carbocycles. The topological polar surface area (TPSA) is 75.5 Å². The molecule has 0 fully saturated rings. The van der Waals surface area contributed by atoms with Gasteiger partial charge in [0.15, 0.2) is 0 Å². The summed E-state index contributed by atoms with van der Waals surface area (Å²) < 4.78 is 28.5. The summed E-state index contributed by atoms with van der Waals surface area (Å²) in [4.78, 5) is 10.00. The van der Waals surface area contributed by atoms with Crippen LogP contribution >= 0.6 is 11.8 Å². The van der Waals surface area contributed by atoms with Gasteiger partial charge in [0.2, 0.25) is 0 Å². The molecule has 1 unspecified atom stereocenters. The van der Waals surface area contributed by atoms with Crippen molar-refractivity contribution in [2.45, 2.75) is 22.3 Å². The minimum Gasteiger partial charge on any atom is -0.253 e. The largest absolute Gasteiger partial charge is 0.279 e. The van der Waals surface area contributed by atoms with Gasteiger partial charge in [0.05, 0.1) is 27.7 Å². The van der Waals surface area contributed by atoms with Gasteiger partial charge >= 0.3 is 0 Å². The van der Waals surface area contributed by atoms with Crippen LogP contribution in [0.4, 0.5) is 0 Å². The number of fused-ring (bicyclic) bond motifs is 1. The van der Waals surface area contributed by atoms with Crippen molar-refractivity contribution in [1.29, 1.82) is 0 Å². The van der Waals surface area contributed by atoms with Gasteiger partial charge in [-0.15, -0.1) is 11.8 Å². The number of benzene rings is 3. The van der Waals surface area contributed by atoms with E-state index in [4.69, 9.17) is 0 Å². The summed E-state index contributed by atoms with van der Waals surface area (Å²) in [5, 5.41) is 4.67. The molecular weight excluding hydrogens is 440 g/mol.